The van der Waals surface area contributed by atoms with Crippen LogP contribution in [0, 0.1) is 34.5 Å². The lowest BCUT2D eigenvalue weighted by molar-refractivity contribution is 0.0936. The monoisotopic (exact) mass is 190 g/mol. The first-order chi connectivity index (χ1) is 6.58. The summed E-state index contributed by atoms with van der Waals surface area (Å²) in [5, 5.41) is 0. The largest absolute Gasteiger partial charge is 0.0911 e. The van der Waals surface area contributed by atoms with E-state index in [0.29, 0.717) is 5.41 Å². The standard InChI is InChI=1S/C14H22/c1-5-6-13(4)10(3)9(2)12-7-11-8-14(11,12)13/h5-6,9-12H,7-8H2,1-4H3. The minimum atomic E-state index is 0.523. The van der Waals surface area contributed by atoms with Crippen LogP contribution in [0.2, 0.25) is 0 Å². The minimum Gasteiger partial charge on any atom is -0.0911 e. The van der Waals surface area contributed by atoms with Crippen LogP contribution < -0.4 is 0 Å². The van der Waals surface area contributed by atoms with E-state index < -0.39 is 0 Å². The molecule has 0 heterocycles. The summed E-state index contributed by atoms with van der Waals surface area (Å²) in [7, 11) is 0. The van der Waals surface area contributed by atoms with Gasteiger partial charge in [-0.05, 0) is 54.3 Å². The summed E-state index contributed by atoms with van der Waals surface area (Å²) in [4.78, 5) is 0. The molecular formula is C14H22. The van der Waals surface area contributed by atoms with Gasteiger partial charge in [-0.3, -0.25) is 0 Å². The van der Waals surface area contributed by atoms with E-state index in [-0.39, 0.29) is 0 Å². The Labute approximate surface area is 87.8 Å². The van der Waals surface area contributed by atoms with E-state index in [4.69, 9.17) is 0 Å². The van der Waals surface area contributed by atoms with Gasteiger partial charge in [-0.1, -0.05) is 32.9 Å². The normalized spacial score (nSPS) is 64.9. The van der Waals surface area contributed by atoms with Crippen molar-refractivity contribution in [2.75, 3.05) is 0 Å². The Morgan fingerprint density at radius 1 is 1.29 bits per heavy atom. The second kappa shape index (κ2) is 2.28. The van der Waals surface area contributed by atoms with Crippen molar-refractivity contribution in [2.24, 2.45) is 34.5 Å². The van der Waals surface area contributed by atoms with Crippen LogP contribution in [0.5, 0.6) is 0 Å². The molecule has 0 amide bonds. The molecule has 3 rings (SSSR count). The lowest BCUT2D eigenvalue weighted by Crippen LogP contribution is -2.36. The van der Waals surface area contributed by atoms with Gasteiger partial charge in [0.05, 0.1) is 0 Å². The highest BCUT2D eigenvalue weighted by molar-refractivity contribution is 5.32. The maximum atomic E-state index is 2.52. The van der Waals surface area contributed by atoms with E-state index in [1.54, 1.807) is 6.42 Å². The van der Waals surface area contributed by atoms with Gasteiger partial charge in [0, 0.05) is 0 Å². The summed E-state index contributed by atoms with van der Waals surface area (Å²) in [5.74, 6) is 4.00. The van der Waals surface area contributed by atoms with Crippen molar-refractivity contribution in [2.45, 2.75) is 40.5 Å². The zero-order valence-electron chi connectivity index (χ0n) is 9.88. The Balaban J connectivity index is 2.05. The zero-order chi connectivity index (χ0) is 10.1. The fourth-order valence-corrected chi connectivity index (χ4v) is 5.17. The molecule has 0 saturated heterocycles. The van der Waals surface area contributed by atoms with Gasteiger partial charge in [-0.2, -0.15) is 0 Å². The summed E-state index contributed by atoms with van der Waals surface area (Å²) < 4.78 is 0. The van der Waals surface area contributed by atoms with Crippen LogP contribution >= 0.6 is 0 Å². The molecule has 0 aromatic carbocycles. The van der Waals surface area contributed by atoms with E-state index in [2.05, 4.69) is 39.8 Å². The highest BCUT2D eigenvalue weighted by atomic mass is 14.8. The maximum Gasteiger partial charge on any atom is -0.00565 e. The van der Waals surface area contributed by atoms with Crippen molar-refractivity contribution in [3.05, 3.63) is 12.2 Å². The van der Waals surface area contributed by atoms with Crippen molar-refractivity contribution in [3.8, 4) is 0 Å². The van der Waals surface area contributed by atoms with Crippen molar-refractivity contribution in [3.63, 3.8) is 0 Å². The summed E-state index contributed by atoms with van der Waals surface area (Å²) in [6.45, 7) is 9.67. The van der Waals surface area contributed by atoms with Gasteiger partial charge in [0.15, 0.2) is 0 Å². The molecule has 3 aliphatic rings. The highest BCUT2D eigenvalue weighted by Gasteiger charge is 2.80. The first-order valence-electron chi connectivity index (χ1n) is 6.22. The predicted octanol–water partition coefficient (Wildman–Crippen LogP) is 3.88. The van der Waals surface area contributed by atoms with Crippen LogP contribution in [0.15, 0.2) is 12.2 Å². The second-order valence-electron chi connectivity index (χ2n) is 6.21. The highest BCUT2D eigenvalue weighted by Crippen LogP contribution is 2.86. The van der Waals surface area contributed by atoms with E-state index in [9.17, 15) is 0 Å². The molecule has 3 aliphatic carbocycles. The fraction of sp³-hybridized carbons (Fsp3) is 0.857. The van der Waals surface area contributed by atoms with Gasteiger partial charge in [0.25, 0.3) is 0 Å². The molecule has 0 aromatic rings. The molecule has 0 aliphatic heterocycles. The van der Waals surface area contributed by atoms with Crippen molar-refractivity contribution >= 4 is 0 Å². The molecule has 0 N–H and O–H groups in total. The topological polar surface area (TPSA) is 0 Å². The van der Waals surface area contributed by atoms with Crippen LogP contribution in [-0.4, -0.2) is 0 Å². The van der Waals surface area contributed by atoms with Gasteiger partial charge in [0.1, 0.15) is 0 Å². The average molecular weight is 190 g/mol. The van der Waals surface area contributed by atoms with Gasteiger partial charge >= 0.3 is 0 Å². The van der Waals surface area contributed by atoms with E-state index in [1.165, 1.54) is 6.42 Å². The number of hydrogen-bond donors (Lipinski definition) is 0. The molecule has 0 heteroatoms. The molecule has 1 spiro atoms. The van der Waals surface area contributed by atoms with Crippen LogP contribution in [0.1, 0.15) is 40.5 Å². The summed E-state index contributed by atoms with van der Waals surface area (Å²) in [6, 6.07) is 0. The SMILES string of the molecule is CC=CC1(C)C(C)C(C)C2CC3CC321. The van der Waals surface area contributed by atoms with Crippen molar-refractivity contribution in [1.29, 1.82) is 0 Å². The first-order valence-corrected chi connectivity index (χ1v) is 6.22. The minimum absolute atomic E-state index is 0.523. The third kappa shape index (κ3) is 0.647. The third-order valence-electron chi connectivity index (χ3n) is 6.24. The quantitative estimate of drug-likeness (QED) is 0.550. The van der Waals surface area contributed by atoms with E-state index >= 15 is 0 Å². The number of rotatable bonds is 1. The molecule has 6 unspecified atom stereocenters. The number of allylic oxidation sites excluding steroid dienone is 2. The second-order valence-corrected chi connectivity index (χ2v) is 6.21. The summed E-state index contributed by atoms with van der Waals surface area (Å²) in [6.07, 6.45) is 7.88. The van der Waals surface area contributed by atoms with Crippen LogP contribution in [0.25, 0.3) is 0 Å². The fourth-order valence-electron chi connectivity index (χ4n) is 5.17. The Morgan fingerprint density at radius 2 is 2.00 bits per heavy atom. The summed E-state index contributed by atoms with van der Waals surface area (Å²) in [5.41, 5.74) is 1.28. The average Bonchev–Trinajstić information content (AvgIpc) is 2.68. The molecule has 0 nitrogen and oxygen atoms in total. The Kier molecular flexibility index (Phi) is 1.47. The van der Waals surface area contributed by atoms with E-state index in [0.717, 1.165) is 29.1 Å². The Hall–Kier alpha value is -0.260. The van der Waals surface area contributed by atoms with Gasteiger partial charge in [-0.15, -0.1) is 0 Å². The van der Waals surface area contributed by atoms with Gasteiger partial charge in [-0.25, -0.2) is 0 Å². The molecule has 6 atom stereocenters. The molecule has 0 radical (unpaired) electrons. The molecular weight excluding hydrogens is 168 g/mol. The molecule has 14 heavy (non-hydrogen) atoms. The Bertz CT molecular complexity index is 303. The lowest BCUT2D eigenvalue weighted by atomic mass is 9.63. The van der Waals surface area contributed by atoms with Gasteiger partial charge < -0.3 is 0 Å². The molecule has 78 valence electrons. The smallest absolute Gasteiger partial charge is 0.00565 e. The lowest BCUT2D eigenvalue weighted by Gasteiger charge is -2.41. The maximum absolute atomic E-state index is 2.52. The zero-order valence-corrected chi connectivity index (χ0v) is 9.88. The van der Waals surface area contributed by atoms with Crippen molar-refractivity contribution < 1.29 is 0 Å². The molecule has 0 aromatic heterocycles. The molecule has 3 saturated carbocycles. The first kappa shape index (κ1) is 9.00. The van der Waals surface area contributed by atoms with E-state index in [1.807, 2.05) is 0 Å². The predicted molar refractivity (Wildman–Crippen MR) is 59.9 cm³/mol. The van der Waals surface area contributed by atoms with Gasteiger partial charge in [0.2, 0.25) is 0 Å². The third-order valence-corrected chi connectivity index (χ3v) is 6.24. The number of hydrogen-bond acceptors (Lipinski definition) is 0. The molecule has 3 fully saturated rings. The Morgan fingerprint density at radius 3 is 2.50 bits per heavy atom. The summed E-state index contributed by atoms with van der Waals surface area (Å²) >= 11 is 0. The van der Waals surface area contributed by atoms with Crippen LogP contribution in [-0.2, 0) is 0 Å². The van der Waals surface area contributed by atoms with Crippen LogP contribution in [0.4, 0.5) is 0 Å². The van der Waals surface area contributed by atoms with Crippen molar-refractivity contribution in [1.82, 2.24) is 0 Å². The molecule has 0 bridgehead atoms. The van der Waals surface area contributed by atoms with Crippen LogP contribution in [0.3, 0.4) is 0 Å².